The van der Waals surface area contributed by atoms with E-state index in [4.69, 9.17) is 5.11 Å². The Morgan fingerprint density at radius 1 is 1.50 bits per heavy atom. The smallest absolute Gasteiger partial charge is 0.213 e. The largest absolute Gasteiger partial charge is 0.393 e. The van der Waals surface area contributed by atoms with Gasteiger partial charge in [0.1, 0.15) is 5.60 Å². The lowest BCUT2D eigenvalue weighted by atomic mass is 9.95. The van der Waals surface area contributed by atoms with Gasteiger partial charge in [0.05, 0.1) is 12.4 Å². The molecule has 84 valence electrons. The first-order valence-electron chi connectivity index (χ1n) is 4.74. The predicted molar refractivity (Wildman–Crippen MR) is 52.3 cm³/mol. The molecule has 0 spiro atoms. The Bertz CT molecular complexity index is 290. The summed E-state index contributed by atoms with van der Waals surface area (Å²) in [4.78, 5) is 0. The van der Waals surface area contributed by atoms with Crippen LogP contribution in [0, 0.1) is 0 Å². The van der Waals surface area contributed by atoms with Gasteiger partial charge in [-0.05, 0) is 19.8 Å². The summed E-state index contributed by atoms with van der Waals surface area (Å²) < 4.78 is 24.2. The SMILES string of the molecule is CCS(=O)(=O)N1CCCC(O)(CO)C1. The minimum Gasteiger partial charge on any atom is -0.393 e. The van der Waals surface area contributed by atoms with Crippen LogP contribution in [0.15, 0.2) is 0 Å². The molecule has 0 radical (unpaired) electrons. The minimum absolute atomic E-state index is 0.0136. The molecule has 1 aliphatic rings. The molecule has 5 nitrogen and oxygen atoms in total. The van der Waals surface area contributed by atoms with Crippen molar-refractivity contribution in [2.75, 3.05) is 25.4 Å². The third kappa shape index (κ3) is 2.44. The van der Waals surface area contributed by atoms with Crippen molar-refractivity contribution >= 4 is 10.0 Å². The van der Waals surface area contributed by atoms with Gasteiger partial charge in [-0.1, -0.05) is 0 Å². The maximum atomic E-state index is 11.5. The zero-order chi connectivity index (χ0) is 10.8. The quantitative estimate of drug-likeness (QED) is 0.653. The summed E-state index contributed by atoms with van der Waals surface area (Å²) in [6.45, 7) is 1.64. The van der Waals surface area contributed by atoms with E-state index < -0.39 is 15.6 Å². The molecule has 0 aromatic rings. The first-order valence-corrected chi connectivity index (χ1v) is 6.35. The molecule has 1 heterocycles. The van der Waals surface area contributed by atoms with Crippen LogP contribution >= 0.6 is 0 Å². The second-order valence-electron chi connectivity index (χ2n) is 3.72. The molecule has 0 aliphatic carbocycles. The van der Waals surface area contributed by atoms with E-state index in [0.29, 0.717) is 19.4 Å². The number of β-amino-alcohol motifs (C(OH)–C–C–N with tert-alkyl or cyclic N) is 1. The molecule has 1 saturated heterocycles. The molecule has 0 saturated carbocycles. The lowest BCUT2D eigenvalue weighted by Crippen LogP contribution is -2.52. The number of hydrogen-bond acceptors (Lipinski definition) is 4. The van der Waals surface area contributed by atoms with Crippen LogP contribution in [0.3, 0.4) is 0 Å². The van der Waals surface area contributed by atoms with E-state index in [1.807, 2.05) is 0 Å². The average molecular weight is 223 g/mol. The fourth-order valence-corrected chi connectivity index (χ4v) is 2.83. The highest BCUT2D eigenvalue weighted by molar-refractivity contribution is 7.89. The number of aliphatic hydroxyl groups is 2. The van der Waals surface area contributed by atoms with Crippen molar-refractivity contribution in [3.05, 3.63) is 0 Å². The van der Waals surface area contributed by atoms with Crippen molar-refractivity contribution in [2.45, 2.75) is 25.4 Å². The van der Waals surface area contributed by atoms with Gasteiger partial charge in [0, 0.05) is 13.1 Å². The van der Waals surface area contributed by atoms with Crippen LogP contribution in [-0.4, -0.2) is 54.0 Å². The molecule has 0 bridgehead atoms. The number of hydrogen-bond donors (Lipinski definition) is 2. The number of aliphatic hydroxyl groups excluding tert-OH is 1. The summed E-state index contributed by atoms with van der Waals surface area (Å²) in [5.41, 5.74) is -1.25. The highest BCUT2D eigenvalue weighted by Crippen LogP contribution is 2.22. The molecular weight excluding hydrogens is 206 g/mol. The summed E-state index contributed by atoms with van der Waals surface area (Å²) >= 11 is 0. The van der Waals surface area contributed by atoms with Crippen molar-refractivity contribution in [1.82, 2.24) is 4.31 Å². The Morgan fingerprint density at radius 2 is 2.14 bits per heavy atom. The molecule has 1 rings (SSSR count). The second-order valence-corrected chi connectivity index (χ2v) is 5.98. The fourth-order valence-electron chi connectivity index (χ4n) is 1.62. The van der Waals surface area contributed by atoms with Crippen LogP contribution in [0.25, 0.3) is 0 Å². The van der Waals surface area contributed by atoms with E-state index in [1.165, 1.54) is 4.31 Å². The maximum absolute atomic E-state index is 11.5. The Hall–Kier alpha value is -0.170. The van der Waals surface area contributed by atoms with Crippen molar-refractivity contribution in [1.29, 1.82) is 0 Å². The van der Waals surface area contributed by atoms with Crippen molar-refractivity contribution in [3.63, 3.8) is 0 Å². The van der Waals surface area contributed by atoms with Crippen LogP contribution < -0.4 is 0 Å². The van der Waals surface area contributed by atoms with Crippen molar-refractivity contribution < 1.29 is 18.6 Å². The topological polar surface area (TPSA) is 77.8 Å². The zero-order valence-corrected chi connectivity index (χ0v) is 9.13. The monoisotopic (exact) mass is 223 g/mol. The Morgan fingerprint density at radius 3 is 2.64 bits per heavy atom. The molecule has 1 atom stereocenters. The van der Waals surface area contributed by atoms with Gasteiger partial charge in [-0.25, -0.2) is 8.42 Å². The Balaban J connectivity index is 2.75. The van der Waals surface area contributed by atoms with Crippen LogP contribution in [-0.2, 0) is 10.0 Å². The molecule has 1 unspecified atom stereocenters. The van der Waals surface area contributed by atoms with E-state index in [0.717, 1.165) is 0 Å². The Labute approximate surface area is 84.4 Å². The minimum atomic E-state index is -3.24. The van der Waals surface area contributed by atoms with Gasteiger partial charge in [0.25, 0.3) is 0 Å². The molecular formula is C8H17NO4S. The summed E-state index contributed by atoms with van der Waals surface area (Å²) in [7, 11) is -3.24. The lowest BCUT2D eigenvalue weighted by Gasteiger charge is -2.37. The first kappa shape index (κ1) is 11.9. The molecule has 0 amide bonds. The summed E-state index contributed by atoms with van der Waals surface area (Å²) in [6.07, 6.45) is 1.05. The van der Waals surface area contributed by atoms with Crippen LogP contribution in [0.5, 0.6) is 0 Å². The molecule has 1 aliphatic heterocycles. The van der Waals surface area contributed by atoms with E-state index in [9.17, 15) is 13.5 Å². The van der Waals surface area contributed by atoms with Gasteiger partial charge in [-0.3, -0.25) is 0 Å². The molecule has 6 heteroatoms. The van der Waals surface area contributed by atoms with Gasteiger partial charge in [-0.2, -0.15) is 4.31 Å². The standard InChI is InChI=1S/C8H17NO4S/c1-2-14(12,13)9-5-3-4-8(11,6-9)7-10/h10-11H,2-7H2,1H3. The van der Waals surface area contributed by atoms with E-state index >= 15 is 0 Å². The molecule has 2 N–H and O–H groups in total. The van der Waals surface area contributed by atoms with Crippen molar-refractivity contribution in [2.24, 2.45) is 0 Å². The average Bonchev–Trinajstić information content (AvgIpc) is 2.18. The van der Waals surface area contributed by atoms with Gasteiger partial charge in [0.2, 0.25) is 10.0 Å². The molecule has 14 heavy (non-hydrogen) atoms. The van der Waals surface area contributed by atoms with Crippen LogP contribution in [0.4, 0.5) is 0 Å². The lowest BCUT2D eigenvalue weighted by molar-refractivity contribution is -0.0495. The van der Waals surface area contributed by atoms with Crippen LogP contribution in [0.2, 0.25) is 0 Å². The third-order valence-corrected chi connectivity index (χ3v) is 4.40. The van der Waals surface area contributed by atoms with E-state index in [2.05, 4.69) is 0 Å². The number of rotatable bonds is 3. The molecule has 0 aromatic heterocycles. The highest BCUT2D eigenvalue weighted by Gasteiger charge is 2.36. The third-order valence-electron chi connectivity index (χ3n) is 2.57. The second kappa shape index (κ2) is 4.14. The van der Waals surface area contributed by atoms with E-state index in [-0.39, 0.29) is 18.9 Å². The highest BCUT2D eigenvalue weighted by atomic mass is 32.2. The molecule has 1 fully saturated rings. The van der Waals surface area contributed by atoms with Gasteiger partial charge in [0.15, 0.2) is 0 Å². The van der Waals surface area contributed by atoms with Crippen LogP contribution in [0.1, 0.15) is 19.8 Å². The Kier molecular flexibility index (Phi) is 3.52. The van der Waals surface area contributed by atoms with Crippen molar-refractivity contribution in [3.8, 4) is 0 Å². The number of sulfonamides is 1. The molecule has 0 aromatic carbocycles. The van der Waals surface area contributed by atoms with Gasteiger partial charge < -0.3 is 10.2 Å². The number of piperidine rings is 1. The summed E-state index contributed by atoms with van der Waals surface area (Å²) in [5, 5.41) is 18.7. The first-order chi connectivity index (χ1) is 6.43. The summed E-state index contributed by atoms with van der Waals surface area (Å²) in [6, 6.07) is 0. The zero-order valence-electron chi connectivity index (χ0n) is 8.31. The normalized spacial score (nSPS) is 30.5. The fraction of sp³-hybridized carbons (Fsp3) is 1.00. The predicted octanol–water partition coefficient (Wildman–Crippen LogP) is -0.845. The van der Waals surface area contributed by atoms with Gasteiger partial charge >= 0.3 is 0 Å². The number of nitrogens with zero attached hydrogens (tertiary/aromatic N) is 1. The van der Waals surface area contributed by atoms with E-state index in [1.54, 1.807) is 6.92 Å². The maximum Gasteiger partial charge on any atom is 0.213 e. The van der Waals surface area contributed by atoms with Gasteiger partial charge in [-0.15, -0.1) is 0 Å². The summed E-state index contributed by atoms with van der Waals surface area (Å²) in [5.74, 6) is 0.0362.